The smallest absolute Gasteiger partial charge is 0.325 e. The minimum Gasteiger partial charge on any atom is -0.497 e. The molecule has 2 aromatic carbocycles. The molecule has 31 heavy (non-hydrogen) atoms. The normalized spacial score (nSPS) is 15.5. The average molecular weight is 428 g/mol. The summed E-state index contributed by atoms with van der Waals surface area (Å²) in [5.74, 6) is -0.116. The fourth-order valence-corrected chi connectivity index (χ4v) is 3.21. The van der Waals surface area contributed by atoms with Gasteiger partial charge < -0.3 is 24.8 Å². The number of nitrogens with zero attached hydrogens (tertiary/aromatic N) is 2. The van der Waals surface area contributed by atoms with Crippen LogP contribution in [-0.2, 0) is 0 Å². The summed E-state index contributed by atoms with van der Waals surface area (Å²) < 4.78 is 43.5. The average Bonchev–Trinajstić information content (AvgIpc) is 3.27. The van der Waals surface area contributed by atoms with Crippen LogP contribution in [0.1, 0.15) is 12.8 Å². The highest BCUT2D eigenvalue weighted by Crippen LogP contribution is 2.31. The molecule has 0 saturated carbocycles. The quantitative estimate of drug-likeness (QED) is 0.547. The van der Waals surface area contributed by atoms with Crippen LogP contribution >= 0.6 is 0 Å². The fourth-order valence-electron chi connectivity index (χ4n) is 3.21. The molecule has 1 aliphatic heterocycles. The van der Waals surface area contributed by atoms with Crippen molar-refractivity contribution in [3.63, 3.8) is 0 Å². The lowest BCUT2D eigenvalue weighted by Gasteiger charge is -2.16. The number of ether oxygens (including phenoxy) is 3. The Labute approximate surface area is 178 Å². The number of nitrogens with one attached hydrogen (secondary N) is 2. The van der Waals surface area contributed by atoms with Crippen molar-refractivity contribution >= 4 is 5.69 Å². The van der Waals surface area contributed by atoms with E-state index in [-0.39, 0.29) is 17.6 Å². The zero-order chi connectivity index (χ0) is 21.6. The standard InChI is InChI=1S/C22H22F2N4O3/c1-29-17-4-6-18(7-5-17)30-21-20(26-12-16-3-2-8-25-16)13-27-22(28-21)31-19-10-14(23)9-15(24)11-19/h4-7,9-11,13,16,25-26H,2-3,8,12H2,1H3/t16-/m0/s1. The summed E-state index contributed by atoms with van der Waals surface area (Å²) in [6, 6.07) is 10.1. The highest BCUT2D eigenvalue weighted by molar-refractivity contribution is 5.53. The summed E-state index contributed by atoms with van der Waals surface area (Å²) in [5, 5.41) is 6.70. The van der Waals surface area contributed by atoms with Crippen molar-refractivity contribution in [3.8, 4) is 29.1 Å². The van der Waals surface area contributed by atoms with Crippen molar-refractivity contribution in [2.75, 3.05) is 25.5 Å². The van der Waals surface area contributed by atoms with Gasteiger partial charge in [0.05, 0.1) is 13.3 Å². The molecular formula is C22H22F2N4O3. The van der Waals surface area contributed by atoms with Crippen LogP contribution in [0.25, 0.3) is 0 Å². The molecule has 7 nitrogen and oxygen atoms in total. The summed E-state index contributed by atoms with van der Waals surface area (Å²) in [4.78, 5) is 8.44. The summed E-state index contributed by atoms with van der Waals surface area (Å²) in [7, 11) is 1.58. The third-order valence-electron chi connectivity index (χ3n) is 4.75. The van der Waals surface area contributed by atoms with E-state index in [2.05, 4.69) is 20.6 Å². The zero-order valence-electron chi connectivity index (χ0n) is 16.9. The second-order valence-electron chi connectivity index (χ2n) is 7.03. The van der Waals surface area contributed by atoms with E-state index in [0.29, 0.717) is 29.8 Å². The summed E-state index contributed by atoms with van der Waals surface area (Å²) >= 11 is 0. The van der Waals surface area contributed by atoms with Crippen LogP contribution in [0.2, 0.25) is 0 Å². The molecule has 2 heterocycles. The third-order valence-corrected chi connectivity index (χ3v) is 4.75. The van der Waals surface area contributed by atoms with E-state index in [0.717, 1.165) is 37.6 Å². The van der Waals surface area contributed by atoms with E-state index in [4.69, 9.17) is 14.2 Å². The molecule has 9 heteroatoms. The number of hydrogen-bond donors (Lipinski definition) is 2. The molecule has 0 unspecified atom stereocenters. The molecule has 0 radical (unpaired) electrons. The topological polar surface area (TPSA) is 77.5 Å². The molecule has 2 N–H and O–H groups in total. The fraction of sp³-hybridized carbons (Fsp3) is 0.273. The first-order chi connectivity index (χ1) is 15.1. The summed E-state index contributed by atoms with van der Waals surface area (Å²) in [6.07, 6.45) is 3.73. The van der Waals surface area contributed by atoms with Gasteiger partial charge >= 0.3 is 6.01 Å². The van der Waals surface area contributed by atoms with E-state index in [1.165, 1.54) is 6.20 Å². The summed E-state index contributed by atoms with van der Waals surface area (Å²) in [6.45, 7) is 1.67. The van der Waals surface area contributed by atoms with Gasteiger partial charge in [0.1, 0.15) is 34.6 Å². The van der Waals surface area contributed by atoms with Crippen LogP contribution < -0.4 is 24.8 Å². The van der Waals surface area contributed by atoms with Crippen LogP contribution in [0.15, 0.2) is 48.7 Å². The van der Waals surface area contributed by atoms with Gasteiger partial charge in [0, 0.05) is 30.8 Å². The van der Waals surface area contributed by atoms with Gasteiger partial charge in [-0.05, 0) is 43.7 Å². The van der Waals surface area contributed by atoms with Gasteiger partial charge in [-0.25, -0.2) is 13.8 Å². The van der Waals surface area contributed by atoms with Gasteiger partial charge in [-0.2, -0.15) is 4.98 Å². The van der Waals surface area contributed by atoms with Crippen molar-refractivity contribution in [1.29, 1.82) is 0 Å². The predicted molar refractivity (Wildman–Crippen MR) is 111 cm³/mol. The first-order valence-corrected chi connectivity index (χ1v) is 9.89. The molecule has 0 aliphatic carbocycles. The van der Waals surface area contributed by atoms with Gasteiger partial charge in [0.25, 0.3) is 0 Å². The second-order valence-corrected chi connectivity index (χ2v) is 7.03. The molecule has 1 fully saturated rings. The van der Waals surface area contributed by atoms with Crippen molar-refractivity contribution in [2.45, 2.75) is 18.9 Å². The Balaban J connectivity index is 1.57. The number of methoxy groups -OCH3 is 1. The van der Waals surface area contributed by atoms with Crippen molar-refractivity contribution < 1.29 is 23.0 Å². The Morgan fingerprint density at radius 2 is 1.77 bits per heavy atom. The number of anilines is 1. The zero-order valence-corrected chi connectivity index (χ0v) is 16.9. The maximum atomic E-state index is 13.5. The molecule has 1 aromatic heterocycles. The SMILES string of the molecule is COc1ccc(Oc2nc(Oc3cc(F)cc(F)c3)ncc2NC[C@@H]2CCCN2)cc1. The number of benzene rings is 2. The number of aromatic nitrogens is 2. The first kappa shape index (κ1) is 20.8. The lowest BCUT2D eigenvalue weighted by Crippen LogP contribution is -2.29. The largest absolute Gasteiger partial charge is 0.497 e. The van der Waals surface area contributed by atoms with Crippen molar-refractivity contribution in [1.82, 2.24) is 15.3 Å². The predicted octanol–water partition coefficient (Wildman–Crippen LogP) is 4.51. The Morgan fingerprint density at radius 3 is 2.45 bits per heavy atom. The van der Waals surface area contributed by atoms with Crippen LogP contribution in [0, 0.1) is 11.6 Å². The van der Waals surface area contributed by atoms with Gasteiger partial charge in [0.2, 0.25) is 5.88 Å². The molecule has 162 valence electrons. The second kappa shape index (κ2) is 9.57. The first-order valence-electron chi connectivity index (χ1n) is 9.89. The number of halogens is 2. The Morgan fingerprint density at radius 1 is 1.03 bits per heavy atom. The molecular weight excluding hydrogens is 406 g/mol. The highest BCUT2D eigenvalue weighted by atomic mass is 19.1. The van der Waals surface area contributed by atoms with Crippen molar-refractivity contribution in [3.05, 3.63) is 60.3 Å². The monoisotopic (exact) mass is 428 g/mol. The van der Waals surface area contributed by atoms with Crippen LogP contribution in [0.5, 0.6) is 29.1 Å². The molecule has 1 aliphatic rings. The molecule has 3 aromatic rings. The van der Waals surface area contributed by atoms with Gasteiger partial charge in [-0.15, -0.1) is 0 Å². The maximum absolute atomic E-state index is 13.5. The van der Waals surface area contributed by atoms with E-state index >= 15 is 0 Å². The Hall–Kier alpha value is -3.46. The van der Waals surface area contributed by atoms with E-state index in [1.807, 2.05) is 0 Å². The van der Waals surface area contributed by atoms with Gasteiger partial charge in [-0.3, -0.25) is 0 Å². The third kappa shape index (κ3) is 5.58. The molecule has 1 saturated heterocycles. The van der Waals surface area contributed by atoms with E-state index in [1.54, 1.807) is 31.4 Å². The van der Waals surface area contributed by atoms with Crippen LogP contribution in [-0.4, -0.2) is 36.2 Å². The van der Waals surface area contributed by atoms with Crippen LogP contribution in [0.3, 0.4) is 0 Å². The molecule has 4 rings (SSSR count). The van der Waals surface area contributed by atoms with Gasteiger partial charge in [-0.1, -0.05) is 0 Å². The van der Waals surface area contributed by atoms with Crippen LogP contribution in [0.4, 0.5) is 14.5 Å². The lowest BCUT2D eigenvalue weighted by atomic mass is 10.2. The minimum absolute atomic E-state index is 0.0521. The minimum atomic E-state index is -0.757. The highest BCUT2D eigenvalue weighted by Gasteiger charge is 2.17. The Kier molecular flexibility index (Phi) is 6.42. The molecule has 0 amide bonds. The maximum Gasteiger partial charge on any atom is 0.325 e. The molecule has 1 atom stereocenters. The lowest BCUT2D eigenvalue weighted by molar-refractivity contribution is 0.403. The summed E-state index contributed by atoms with van der Waals surface area (Å²) in [5.41, 5.74) is 0.572. The number of rotatable bonds is 8. The van der Waals surface area contributed by atoms with E-state index in [9.17, 15) is 8.78 Å². The molecule has 0 spiro atoms. The number of hydrogen-bond acceptors (Lipinski definition) is 7. The van der Waals surface area contributed by atoms with E-state index < -0.39 is 11.6 Å². The van der Waals surface area contributed by atoms with Crippen molar-refractivity contribution in [2.24, 2.45) is 0 Å². The van der Waals surface area contributed by atoms with Gasteiger partial charge in [0.15, 0.2) is 0 Å². The molecule has 0 bridgehead atoms. The Bertz CT molecular complexity index is 1010.